The third kappa shape index (κ3) is 3.95. The molecular formula is C15H20FN3O. The summed E-state index contributed by atoms with van der Waals surface area (Å²) in [5.74, 6) is -0.579. The molecule has 1 amide bonds. The Kier molecular flexibility index (Phi) is 5.09. The van der Waals surface area contributed by atoms with Crippen LogP contribution in [0.5, 0.6) is 0 Å². The molecular weight excluding hydrogens is 257 g/mol. The van der Waals surface area contributed by atoms with Gasteiger partial charge in [0, 0.05) is 5.69 Å². The molecule has 5 heteroatoms. The largest absolute Gasteiger partial charge is 0.376 e. The molecule has 0 heterocycles. The molecule has 0 saturated carbocycles. The predicted molar refractivity (Wildman–Crippen MR) is 76.6 cm³/mol. The molecule has 1 aromatic rings. The van der Waals surface area contributed by atoms with Gasteiger partial charge in [-0.2, -0.15) is 5.26 Å². The molecule has 1 aromatic carbocycles. The Balaban J connectivity index is 2.62. The van der Waals surface area contributed by atoms with Gasteiger partial charge < -0.3 is 10.6 Å². The van der Waals surface area contributed by atoms with Crippen LogP contribution in [0.2, 0.25) is 0 Å². The van der Waals surface area contributed by atoms with E-state index in [-0.39, 0.29) is 24.2 Å². The van der Waals surface area contributed by atoms with Crippen LogP contribution >= 0.6 is 0 Å². The van der Waals surface area contributed by atoms with Crippen LogP contribution in [0.15, 0.2) is 18.2 Å². The van der Waals surface area contributed by atoms with Crippen molar-refractivity contribution < 1.29 is 9.18 Å². The molecule has 1 rings (SSSR count). The lowest BCUT2D eigenvalue weighted by molar-refractivity contribution is -0.121. The number of benzene rings is 1. The molecule has 108 valence electrons. The molecule has 20 heavy (non-hydrogen) atoms. The third-order valence-corrected chi connectivity index (χ3v) is 3.41. The van der Waals surface area contributed by atoms with Crippen LogP contribution in [-0.2, 0) is 4.79 Å². The van der Waals surface area contributed by atoms with Gasteiger partial charge in [0.25, 0.3) is 0 Å². The predicted octanol–water partition coefficient (Wildman–Crippen LogP) is 2.60. The van der Waals surface area contributed by atoms with Gasteiger partial charge in [-0.15, -0.1) is 0 Å². The summed E-state index contributed by atoms with van der Waals surface area (Å²) in [4.78, 5) is 11.9. The van der Waals surface area contributed by atoms with Crippen LogP contribution in [0.1, 0.15) is 26.3 Å². The highest BCUT2D eigenvalue weighted by Crippen LogP contribution is 2.16. The van der Waals surface area contributed by atoms with Crippen LogP contribution in [0.3, 0.4) is 0 Å². The van der Waals surface area contributed by atoms with Gasteiger partial charge in [-0.1, -0.05) is 13.8 Å². The number of carbonyl (C=O) groups excluding carboxylic acids is 1. The first kappa shape index (κ1) is 16.0. The zero-order valence-electron chi connectivity index (χ0n) is 12.2. The molecule has 0 fully saturated rings. The fraction of sp³-hybridized carbons (Fsp3) is 0.467. The van der Waals surface area contributed by atoms with E-state index in [1.54, 1.807) is 19.9 Å². The van der Waals surface area contributed by atoms with Gasteiger partial charge in [-0.05, 0) is 43.5 Å². The second kappa shape index (κ2) is 6.38. The van der Waals surface area contributed by atoms with E-state index in [0.717, 1.165) is 5.56 Å². The third-order valence-electron chi connectivity index (χ3n) is 3.41. The Hall–Kier alpha value is -2.09. The zero-order valence-corrected chi connectivity index (χ0v) is 12.2. The Bertz CT molecular complexity index is 536. The van der Waals surface area contributed by atoms with Gasteiger partial charge in [-0.3, -0.25) is 4.79 Å². The topological polar surface area (TPSA) is 64.9 Å². The molecule has 2 N–H and O–H groups in total. The van der Waals surface area contributed by atoms with Gasteiger partial charge in [-0.25, -0.2) is 4.39 Å². The Labute approximate surface area is 119 Å². The summed E-state index contributed by atoms with van der Waals surface area (Å²) in [6.45, 7) is 7.24. The van der Waals surface area contributed by atoms with Crippen molar-refractivity contribution in [1.82, 2.24) is 5.32 Å². The number of anilines is 1. The average molecular weight is 277 g/mol. The van der Waals surface area contributed by atoms with Gasteiger partial charge in [0.15, 0.2) is 0 Å². The number of nitrogens with one attached hydrogen (secondary N) is 2. The molecule has 0 saturated heterocycles. The number of nitriles is 1. The highest BCUT2D eigenvalue weighted by atomic mass is 19.1. The number of amides is 1. The second-order valence-corrected chi connectivity index (χ2v) is 5.33. The molecule has 0 aliphatic carbocycles. The second-order valence-electron chi connectivity index (χ2n) is 5.33. The fourth-order valence-corrected chi connectivity index (χ4v) is 1.64. The van der Waals surface area contributed by atoms with Crippen molar-refractivity contribution in [3.05, 3.63) is 29.6 Å². The molecule has 0 bridgehead atoms. The van der Waals surface area contributed by atoms with Gasteiger partial charge in [0.05, 0.1) is 12.6 Å². The molecule has 1 atom stereocenters. The van der Waals surface area contributed by atoms with E-state index < -0.39 is 5.54 Å². The Morgan fingerprint density at radius 2 is 2.15 bits per heavy atom. The zero-order chi connectivity index (χ0) is 15.3. The molecule has 0 aromatic heterocycles. The lowest BCUT2D eigenvalue weighted by Gasteiger charge is -2.27. The summed E-state index contributed by atoms with van der Waals surface area (Å²) in [5, 5.41) is 14.8. The molecule has 0 spiro atoms. The number of hydrogen-bond donors (Lipinski definition) is 2. The smallest absolute Gasteiger partial charge is 0.240 e. The van der Waals surface area contributed by atoms with Crippen molar-refractivity contribution in [2.45, 2.75) is 33.2 Å². The molecule has 1 unspecified atom stereocenters. The normalized spacial score (nSPS) is 13.4. The van der Waals surface area contributed by atoms with Crippen LogP contribution in [0.25, 0.3) is 0 Å². The lowest BCUT2D eigenvalue weighted by Crippen LogP contribution is -2.50. The number of nitrogens with zero attached hydrogens (tertiary/aromatic N) is 1. The van der Waals surface area contributed by atoms with E-state index in [1.165, 1.54) is 12.1 Å². The Morgan fingerprint density at radius 1 is 1.50 bits per heavy atom. The summed E-state index contributed by atoms with van der Waals surface area (Å²) in [5.41, 5.74) is 0.533. The van der Waals surface area contributed by atoms with Gasteiger partial charge >= 0.3 is 0 Å². The molecule has 0 aliphatic rings. The number of rotatable bonds is 5. The van der Waals surface area contributed by atoms with Crippen LogP contribution in [0, 0.1) is 30.0 Å². The summed E-state index contributed by atoms with van der Waals surface area (Å²) in [6, 6.07) is 6.43. The maximum Gasteiger partial charge on any atom is 0.240 e. The first-order valence-electron chi connectivity index (χ1n) is 6.51. The minimum atomic E-state index is -0.892. The fourth-order valence-electron chi connectivity index (χ4n) is 1.64. The van der Waals surface area contributed by atoms with Crippen LogP contribution < -0.4 is 10.6 Å². The Morgan fingerprint density at radius 3 is 2.65 bits per heavy atom. The quantitative estimate of drug-likeness (QED) is 0.869. The van der Waals surface area contributed by atoms with Crippen molar-refractivity contribution in [2.24, 2.45) is 5.92 Å². The summed E-state index contributed by atoms with van der Waals surface area (Å²) in [6.07, 6.45) is 0. The maximum atomic E-state index is 13.0. The van der Waals surface area contributed by atoms with Crippen LogP contribution in [-0.4, -0.2) is 18.0 Å². The van der Waals surface area contributed by atoms with Crippen molar-refractivity contribution in [1.29, 1.82) is 5.26 Å². The van der Waals surface area contributed by atoms with Gasteiger partial charge in [0.2, 0.25) is 5.91 Å². The van der Waals surface area contributed by atoms with Crippen molar-refractivity contribution in [2.75, 3.05) is 11.9 Å². The maximum absolute atomic E-state index is 13.0. The van der Waals surface area contributed by atoms with Crippen molar-refractivity contribution >= 4 is 11.6 Å². The SMILES string of the molecule is Cc1cc(F)ccc1NCC(=O)NC(C)(C#N)C(C)C. The minimum Gasteiger partial charge on any atom is -0.376 e. The summed E-state index contributed by atoms with van der Waals surface area (Å²) < 4.78 is 13.0. The molecule has 0 radical (unpaired) electrons. The van der Waals surface area contributed by atoms with E-state index in [1.807, 2.05) is 13.8 Å². The first-order chi connectivity index (χ1) is 9.28. The van der Waals surface area contributed by atoms with Crippen molar-refractivity contribution in [3.8, 4) is 6.07 Å². The van der Waals surface area contributed by atoms with E-state index in [0.29, 0.717) is 5.69 Å². The van der Waals surface area contributed by atoms with Crippen molar-refractivity contribution in [3.63, 3.8) is 0 Å². The highest BCUT2D eigenvalue weighted by molar-refractivity contribution is 5.82. The van der Waals surface area contributed by atoms with E-state index >= 15 is 0 Å². The summed E-state index contributed by atoms with van der Waals surface area (Å²) >= 11 is 0. The molecule has 4 nitrogen and oxygen atoms in total. The minimum absolute atomic E-state index is 0.00371. The number of aryl methyl sites for hydroxylation is 1. The van der Waals surface area contributed by atoms with Gasteiger partial charge in [0.1, 0.15) is 11.4 Å². The van der Waals surface area contributed by atoms with E-state index in [9.17, 15) is 9.18 Å². The van der Waals surface area contributed by atoms with E-state index in [4.69, 9.17) is 5.26 Å². The average Bonchev–Trinajstić information content (AvgIpc) is 2.37. The van der Waals surface area contributed by atoms with E-state index in [2.05, 4.69) is 16.7 Å². The highest BCUT2D eigenvalue weighted by Gasteiger charge is 2.29. The van der Waals surface area contributed by atoms with Crippen LogP contribution in [0.4, 0.5) is 10.1 Å². The first-order valence-corrected chi connectivity index (χ1v) is 6.51. The number of carbonyl (C=O) groups is 1. The monoisotopic (exact) mass is 277 g/mol. The number of halogens is 1. The summed E-state index contributed by atoms with van der Waals surface area (Å²) in [7, 11) is 0. The molecule has 0 aliphatic heterocycles. The lowest BCUT2D eigenvalue weighted by atomic mass is 9.90. The number of hydrogen-bond acceptors (Lipinski definition) is 3. The standard InChI is InChI=1S/C15H20FN3O/c1-10(2)15(4,9-17)19-14(20)8-18-13-6-5-12(16)7-11(13)3/h5-7,10,18H,8H2,1-4H3,(H,19,20).